The monoisotopic (exact) mass is 464 g/mol. The van der Waals surface area contributed by atoms with E-state index >= 15 is 0 Å². The summed E-state index contributed by atoms with van der Waals surface area (Å²) in [4.78, 5) is 34.5. The molecule has 34 heavy (non-hydrogen) atoms. The van der Waals surface area contributed by atoms with Crippen molar-refractivity contribution in [1.29, 1.82) is 0 Å². The smallest absolute Gasteiger partial charge is 0.303 e. The Bertz CT molecular complexity index is 1480. The molecule has 2 N–H and O–H groups in total. The normalized spacial score (nSPS) is 11.4. The number of benzene rings is 1. The van der Waals surface area contributed by atoms with E-state index in [4.69, 9.17) is 10.2 Å². The lowest BCUT2D eigenvalue weighted by Gasteiger charge is -2.10. The number of hydrogen-bond donors (Lipinski definition) is 2. The van der Waals surface area contributed by atoms with E-state index < -0.39 is 11.9 Å². The molecule has 3 aromatic heterocycles. The largest absolute Gasteiger partial charge is 0.481 e. The maximum Gasteiger partial charge on any atom is 0.303 e. The van der Waals surface area contributed by atoms with Crippen LogP contribution in [0.4, 0.5) is 4.39 Å². The van der Waals surface area contributed by atoms with Gasteiger partial charge in [-0.05, 0) is 73.1 Å². The topological polar surface area (TPSA) is 101 Å². The number of carbonyl (C=O) groups is 2. The number of hydrogen-bond acceptors (Lipinski definition) is 3. The Balaban J connectivity index is 1.95. The summed E-state index contributed by atoms with van der Waals surface area (Å²) in [6.07, 6.45) is 1.74. The van der Waals surface area contributed by atoms with Gasteiger partial charge in [0.05, 0.1) is 17.6 Å². The molecule has 0 radical (unpaired) electrons. The van der Waals surface area contributed by atoms with Gasteiger partial charge in [0.15, 0.2) is 11.3 Å². The summed E-state index contributed by atoms with van der Waals surface area (Å²) >= 11 is 0. The van der Waals surface area contributed by atoms with Gasteiger partial charge in [-0.3, -0.25) is 14.0 Å². The van der Waals surface area contributed by atoms with Crippen molar-refractivity contribution < 1.29 is 29.0 Å². The lowest BCUT2D eigenvalue weighted by molar-refractivity contribution is -0.138. The fraction of sp³-hybridized carbons (Fsp3) is 0.308. The molecule has 7 nitrogen and oxygen atoms in total. The number of imidazole rings is 1. The molecule has 1 aromatic carbocycles. The molecule has 3 heterocycles. The van der Waals surface area contributed by atoms with Crippen LogP contribution in [0.2, 0.25) is 0 Å². The van der Waals surface area contributed by atoms with Crippen LogP contribution < -0.4 is 5.35 Å². The van der Waals surface area contributed by atoms with Crippen LogP contribution in [0.15, 0.2) is 36.4 Å². The number of aryl methyl sites for hydroxylation is 3. The van der Waals surface area contributed by atoms with Crippen LogP contribution >= 0.6 is 0 Å². The standard InChI is InChI=1S/C26H25FN2O5/c1-16-11-12-21-19(7-3-9-23(31)32)20(8-4-10-24(33)34)25-22(15-30)28(26(16)29(21)25)14-17-5-2-6-18(27)13-17/h2,5-6,11-13H,3-4,7-10,14H2,1H3,(H,31,32)(H,33,34). The van der Waals surface area contributed by atoms with Gasteiger partial charge >= 0.3 is 11.9 Å². The second kappa shape index (κ2) is 9.53. The van der Waals surface area contributed by atoms with Crippen molar-refractivity contribution in [2.75, 3.05) is 0 Å². The van der Waals surface area contributed by atoms with Crippen LogP contribution in [0.1, 0.15) is 47.9 Å². The van der Waals surface area contributed by atoms with E-state index in [1.807, 2.05) is 28.0 Å². The summed E-state index contributed by atoms with van der Waals surface area (Å²) < 4.78 is 17.6. The van der Waals surface area contributed by atoms with Crippen molar-refractivity contribution in [2.24, 2.45) is 0 Å². The Hall–Kier alpha value is -3.90. The van der Waals surface area contributed by atoms with E-state index in [2.05, 4.69) is 5.94 Å². The number of aromatic nitrogens is 2. The molecule has 4 rings (SSSR count). The molecule has 0 saturated heterocycles. The first-order valence-electron chi connectivity index (χ1n) is 11.2. The minimum absolute atomic E-state index is 0.0147. The highest BCUT2D eigenvalue weighted by Gasteiger charge is 2.23. The molecule has 8 heteroatoms. The highest BCUT2D eigenvalue weighted by Crippen LogP contribution is 2.31. The minimum Gasteiger partial charge on any atom is -0.481 e. The number of carboxylic acid groups (broad SMARTS) is 2. The number of halogens is 1. The van der Waals surface area contributed by atoms with Gasteiger partial charge in [-0.1, -0.05) is 18.2 Å². The number of rotatable bonds is 10. The predicted molar refractivity (Wildman–Crippen MR) is 124 cm³/mol. The zero-order chi connectivity index (χ0) is 24.4. The third-order valence-corrected chi connectivity index (χ3v) is 6.19. The summed E-state index contributed by atoms with van der Waals surface area (Å²) in [6, 6.07) is 10.1. The van der Waals surface area contributed by atoms with Crippen LogP contribution in [0.5, 0.6) is 0 Å². The second-order valence-electron chi connectivity index (χ2n) is 8.53. The summed E-state index contributed by atoms with van der Waals surface area (Å²) in [5.74, 6) is -0.0652. The molecule has 0 aliphatic rings. The predicted octanol–water partition coefficient (Wildman–Crippen LogP) is 3.43. The van der Waals surface area contributed by atoms with Crippen molar-refractivity contribution in [1.82, 2.24) is 8.97 Å². The number of nitrogens with zero attached hydrogens (tertiary/aromatic N) is 2. The minimum atomic E-state index is -0.900. The van der Waals surface area contributed by atoms with Gasteiger partial charge in [0.1, 0.15) is 11.5 Å². The van der Waals surface area contributed by atoms with Crippen molar-refractivity contribution >= 4 is 34.6 Å². The Morgan fingerprint density at radius 1 is 1.00 bits per heavy atom. The molecule has 0 unspecified atom stereocenters. The highest BCUT2D eigenvalue weighted by molar-refractivity contribution is 5.84. The van der Waals surface area contributed by atoms with Crippen LogP contribution in [0, 0.1) is 12.7 Å². The van der Waals surface area contributed by atoms with E-state index in [9.17, 15) is 18.8 Å². The molecule has 0 atom stereocenters. The maximum absolute atomic E-state index is 13.8. The second-order valence-corrected chi connectivity index (χ2v) is 8.53. The zero-order valence-electron chi connectivity index (χ0n) is 18.8. The first-order chi connectivity index (χ1) is 16.3. The molecule has 0 saturated carbocycles. The molecular formula is C26H25FN2O5. The zero-order valence-corrected chi connectivity index (χ0v) is 18.8. The molecule has 0 fully saturated rings. The van der Waals surface area contributed by atoms with Crippen molar-refractivity contribution in [2.45, 2.75) is 52.0 Å². The lowest BCUT2D eigenvalue weighted by atomic mass is 9.99. The third-order valence-electron chi connectivity index (χ3n) is 6.19. The first-order valence-corrected chi connectivity index (χ1v) is 11.2. The average Bonchev–Trinajstić information content (AvgIpc) is 3.25. The van der Waals surface area contributed by atoms with E-state index in [0.717, 1.165) is 27.9 Å². The van der Waals surface area contributed by atoms with Crippen LogP contribution in [-0.2, 0) is 33.8 Å². The van der Waals surface area contributed by atoms with Crippen molar-refractivity contribution in [3.05, 3.63) is 69.8 Å². The molecular weight excluding hydrogens is 439 g/mol. The molecule has 0 aliphatic carbocycles. The van der Waals surface area contributed by atoms with Crippen molar-refractivity contribution in [3.63, 3.8) is 0 Å². The Morgan fingerprint density at radius 2 is 1.68 bits per heavy atom. The van der Waals surface area contributed by atoms with Gasteiger partial charge in [0, 0.05) is 12.8 Å². The third kappa shape index (κ3) is 4.32. The number of carbonyl (C=O) groups excluding carboxylic acids is 1. The SMILES string of the molecule is Cc1ccc2c(CCCC(=O)O)c(CCCC(=O)O)c3c(=C=O)n(Cc4cccc(F)c4)c1n23. The van der Waals surface area contributed by atoms with Gasteiger partial charge in [-0.15, -0.1) is 0 Å². The van der Waals surface area contributed by atoms with E-state index in [1.54, 1.807) is 12.1 Å². The summed E-state index contributed by atoms with van der Waals surface area (Å²) in [6.45, 7) is 2.20. The maximum atomic E-state index is 13.8. The lowest BCUT2D eigenvalue weighted by Crippen LogP contribution is -2.20. The van der Waals surface area contributed by atoms with Crippen LogP contribution in [-0.4, -0.2) is 37.1 Å². The molecule has 176 valence electrons. The Kier molecular flexibility index (Phi) is 6.52. The molecule has 0 bridgehead atoms. The van der Waals surface area contributed by atoms with Gasteiger partial charge in [-0.25, -0.2) is 9.18 Å². The average molecular weight is 464 g/mol. The fourth-order valence-electron chi connectivity index (χ4n) is 4.81. The summed E-state index contributed by atoms with van der Waals surface area (Å²) in [5.41, 5.74) is 5.69. The van der Waals surface area contributed by atoms with Gasteiger partial charge in [-0.2, -0.15) is 0 Å². The molecule has 4 aromatic rings. The van der Waals surface area contributed by atoms with Gasteiger partial charge in [0.2, 0.25) is 0 Å². The summed E-state index contributed by atoms with van der Waals surface area (Å²) in [7, 11) is 0. The summed E-state index contributed by atoms with van der Waals surface area (Å²) in [5, 5.41) is 18.5. The number of pyridine rings is 1. The fourth-order valence-corrected chi connectivity index (χ4v) is 4.81. The molecule has 0 amide bonds. The quantitative estimate of drug-likeness (QED) is 0.375. The van der Waals surface area contributed by atoms with Gasteiger partial charge in [0.25, 0.3) is 0 Å². The van der Waals surface area contributed by atoms with E-state index in [1.165, 1.54) is 12.1 Å². The Morgan fingerprint density at radius 3 is 2.29 bits per heavy atom. The van der Waals surface area contributed by atoms with Crippen LogP contribution in [0.3, 0.4) is 0 Å². The number of aliphatic carboxylic acids is 2. The van der Waals surface area contributed by atoms with Crippen LogP contribution in [0.25, 0.3) is 16.7 Å². The highest BCUT2D eigenvalue weighted by atomic mass is 19.1. The first kappa shape index (κ1) is 23.3. The Labute approximate surface area is 194 Å². The van der Waals surface area contributed by atoms with Gasteiger partial charge < -0.3 is 14.8 Å². The van der Waals surface area contributed by atoms with E-state index in [0.29, 0.717) is 42.1 Å². The molecule has 0 spiro atoms. The van der Waals surface area contributed by atoms with E-state index in [-0.39, 0.29) is 25.2 Å². The number of carboxylic acids is 2. The van der Waals surface area contributed by atoms with Crippen molar-refractivity contribution in [3.8, 4) is 0 Å². The molecule has 0 aliphatic heterocycles.